The Morgan fingerprint density at radius 2 is 0.795 bits per heavy atom. The van der Waals surface area contributed by atoms with Crippen molar-refractivity contribution in [3.05, 3.63) is 208 Å². The molecule has 3 heteroatoms. The van der Waals surface area contributed by atoms with E-state index in [1.807, 2.05) is 0 Å². The lowest BCUT2D eigenvalue weighted by Gasteiger charge is -2.49. The molecule has 0 unspecified atom stereocenters. The van der Waals surface area contributed by atoms with Gasteiger partial charge in [0.25, 0.3) is 6.71 Å². The molecular weight excluding hydrogens is 940 g/mol. The minimum Gasteiger partial charge on any atom is -0.311 e. The smallest absolute Gasteiger partial charge is 0.252 e. The van der Waals surface area contributed by atoms with Crippen molar-refractivity contribution in [2.45, 2.75) is 174 Å². The maximum atomic E-state index is 2.76. The lowest BCUT2D eigenvalue weighted by atomic mass is 9.33. The van der Waals surface area contributed by atoms with Gasteiger partial charge in [0.05, 0.1) is 5.69 Å². The van der Waals surface area contributed by atoms with Crippen LogP contribution in [-0.4, -0.2) is 6.71 Å². The molecule has 0 radical (unpaired) electrons. The summed E-state index contributed by atoms with van der Waals surface area (Å²) in [5, 5.41) is 0. The van der Waals surface area contributed by atoms with Crippen molar-refractivity contribution < 1.29 is 0 Å². The highest BCUT2D eigenvalue weighted by atomic mass is 15.2. The van der Waals surface area contributed by atoms with Crippen LogP contribution in [0.5, 0.6) is 0 Å². The molecular formula is C75H83BN2. The number of hydrogen-bond donors (Lipinski definition) is 0. The van der Waals surface area contributed by atoms with Gasteiger partial charge in [0.15, 0.2) is 0 Å². The minimum absolute atomic E-state index is 0.0163. The highest BCUT2D eigenvalue weighted by Crippen LogP contribution is 2.56. The monoisotopic (exact) mass is 1020 g/mol. The van der Waals surface area contributed by atoms with E-state index < -0.39 is 0 Å². The highest BCUT2D eigenvalue weighted by Gasteiger charge is 2.49. The summed E-state index contributed by atoms with van der Waals surface area (Å²) in [5.41, 5.74) is 27.4. The molecule has 78 heavy (non-hydrogen) atoms. The second-order valence-corrected chi connectivity index (χ2v) is 29.2. The first-order chi connectivity index (χ1) is 36.7. The normalized spacial score (nSPS) is 17.6. The van der Waals surface area contributed by atoms with E-state index in [1.54, 1.807) is 0 Å². The Labute approximate surface area is 469 Å². The molecule has 0 spiro atoms. The molecule has 8 aromatic carbocycles. The zero-order chi connectivity index (χ0) is 55.3. The van der Waals surface area contributed by atoms with Crippen molar-refractivity contribution in [2.24, 2.45) is 0 Å². The molecule has 0 amide bonds. The van der Waals surface area contributed by atoms with Gasteiger partial charge in [0, 0.05) is 45.0 Å². The van der Waals surface area contributed by atoms with E-state index in [1.165, 1.54) is 124 Å². The van der Waals surface area contributed by atoms with Crippen molar-refractivity contribution in [1.82, 2.24) is 0 Å². The van der Waals surface area contributed by atoms with Crippen molar-refractivity contribution in [3.8, 4) is 22.3 Å². The molecule has 2 aliphatic heterocycles. The molecule has 4 aliphatic rings. The van der Waals surface area contributed by atoms with Crippen molar-refractivity contribution >= 4 is 57.2 Å². The molecule has 0 fully saturated rings. The SMILES string of the molecule is CC(C)(C)c1cc(-c2ccccc2)c(N2c3cc(C(C)(C)c4ccccc4)ccc3B3c4cc5c(cc4N(c4ccc6c(c4)C(C)(C)CCC6(C)C)c4cc(C(C)(C)C)cc2c43)C(C)(C)CCC5(C)C)c(-c2ccccc2)c1. The van der Waals surface area contributed by atoms with Crippen molar-refractivity contribution in [1.29, 1.82) is 0 Å². The van der Waals surface area contributed by atoms with E-state index in [0.29, 0.717) is 0 Å². The molecule has 12 rings (SSSR count). The second-order valence-electron chi connectivity index (χ2n) is 29.2. The maximum absolute atomic E-state index is 2.76. The Bertz CT molecular complexity index is 3610. The molecule has 2 heterocycles. The summed E-state index contributed by atoms with van der Waals surface area (Å²) in [6.45, 7) is 39.0. The van der Waals surface area contributed by atoms with Gasteiger partial charge in [-0.25, -0.2) is 0 Å². The van der Waals surface area contributed by atoms with Crippen LogP contribution < -0.4 is 26.2 Å². The number of benzene rings is 8. The lowest BCUT2D eigenvalue weighted by molar-refractivity contribution is 0.332. The van der Waals surface area contributed by atoms with Crippen LogP contribution in [0.4, 0.5) is 34.1 Å². The molecule has 0 N–H and O–H groups in total. The predicted octanol–water partition coefficient (Wildman–Crippen LogP) is 18.7. The van der Waals surface area contributed by atoms with Crippen LogP contribution in [-0.2, 0) is 37.9 Å². The summed E-state index contributed by atoms with van der Waals surface area (Å²) < 4.78 is 0. The van der Waals surface area contributed by atoms with Gasteiger partial charge in [0.2, 0.25) is 0 Å². The summed E-state index contributed by atoms with van der Waals surface area (Å²) in [7, 11) is 0. The fourth-order valence-corrected chi connectivity index (χ4v) is 14.1. The van der Waals surface area contributed by atoms with E-state index in [0.717, 1.165) is 19.3 Å². The van der Waals surface area contributed by atoms with Crippen LogP contribution in [0.2, 0.25) is 0 Å². The Morgan fingerprint density at radius 3 is 1.32 bits per heavy atom. The van der Waals surface area contributed by atoms with Gasteiger partial charge in [-0.1, -0.05) is 226 Å². The van der Waals surface area contributed by atoms with E-state index in [-0.39, 0.29) is 44.6 Å². The van der Waals surface area contributed by atoms with E-state index >= 15 is 0 Å². The quantitative estimate of drug-likeness (QED) is 0.153. The van der Waals surface area contributed by atoms with Gasteiger partial charge >= 0.3 is 0 Å². The van der Waals surface area contributed by atoms with Crippen LogP contribution in [0, 0.1) is 0 Å². The first-order valence-corrected chi connectivity index (χ1v) is 29.3. The number of rotatable bonds is 6. The van der Waals surface area contributed by atoms with Crippen LogP contribution >= 0.6 is 0 Å². The average Bonchev–Trinajstić information content (AvgIpc) is 1.87. The first kappa shape index (κ1) is 52.1. The largest absolute Gasteiger partial charge is 0.311 e. The summed E-state index contributed by atoms with van der Waals surface area (Å²) in [6.07, 6.45) is 4.66. The standard InChI is InChI=1S/C75H83BN2/c1-69(2,3)52-40-55(48-26-20-17-21-27-48)68(56(41-52)49-28-22-18-23-29-49)78-63-42-51(75(15,16)50-30-24-19-25-31-50)32-35-61(63)76-62-46-59-60(74(13,14)39-38-73(59,11)12)47-64(62)77(65-43-53(70(4,5)6)44-66(78)67(65)76)54-33-34-57-58(45-54)72(9,10)37-36-71(57,7)8/h17-35,40-47H,36-39H2,1-16H3. The van der Waals surface area contributed by atoms with Gasteiger partial charge in [-0.2, -0.15) is 0 Å². The van der Waals surface area contributed by atoms with Gasteiger partial charge in [-0.15, -0.1) is 0 Å². The molecule has 0 saturated carbocycles. The Balaban J connectivity index is 1.27. The molecule has 2 nitrogen and oxygen atoms in total. The fraction of sp³-hybridized carbons (Fsp3) is 0.360. The minimum atomic E-state index is -0.286. The number of anilines is 6. The van der Waals surface area contributed by atoms with Crippen LogP contribution in [0.15, 0.2) is 164 Å². The second kappa shape index (κ2) is 17.7. The van der Waals surface area contributed by atoms with Gasteiger partial charge in [-0.05, 0) is 179 Å². The third kappa shape index (κ3) is 8.34. The van der Waals surface area contributed by atoms with E-state index in [4.69, 9.17) is 0 Å². The maximum Gasteiger partial charge on any atom is 0.252 e. The zero-order valence-corrected chi connectivity index (χ0v) is 49.9. The van der Waals surface area contributed by atoms with Crippen LogP contribution in [0.1, 0.15) is 181 Å². The lowest BCUT2D eigenvalue weighted by Crippen LogP contribution is -2.62. The molecule has 0 aromatic heterocycles. The Morgan fingerprint density at radius 1 is 0.359 bits per heavy atom. The first-order valence-electron chi connectivity index (χ1n) is 29.3. The van der Waals surface area contributed by atoms with E-state index in [2.05, 4.69) is 284 Å². The summed E-state index contributed by atoms with van der Waals surface area (Å²) in [5.74, 6) is 0. The van der Waals surface area contributed by atoms with Gasteiger partial charge in [-0.3, -0.25) is 0 Å². The molecule has 0 atom stereocenters. The molecule has 0 bridgehead atoms. The Hall–Kier alpha value is -6.58. The van der Waals surface area contributed by atoms with Gasteiger partial charge in [0.1, 0.15) is 0 Å². The number of hydrogen-bond acceptors (Lipinski definition) is 2. The number of fused-ring (bicyclic) bond motifs is 6. The number of nitrogens with zero attached hydrogens (tertiary/aromatic N) is 2. The van der Waals surface area contributed by atoms with E-state index in [9.17, 15) is 0 Å². The molecule has 396 valence electrons. The fourth-order valence-electron chi connectivity index (χ4n) is 14.1. The summed E-state index contributed by atoms with van der Waals surface area (Å²) in [4.78, 5) is 5.50. The summed E-state index contributed by atoms with van der Waals surface area (Å²) >= 11 is 0. The van der Waals surface area contributed by atoms with Crippen LogP contribution in [0.3, 0.4) is 0 Å². The third-order valence-corrected chi connectivity index (χ3v) is 19.6. The topological polar surface area (TPSA) is 6.48 Å². The zero-order valence-electron chi connectivity index (χ0n) is 49.9. The van der Waals surface area contributed by atoms with Gasteiger partial charge < -0.3 is 9.80 Å². The summed E-state index contributed by atoms with van der Waals surface area (Å²) in [6, 6.07) is 64.5. The van der Waals surface area contributed by atoms with Crippen LogP contribution in [0.25, 0.3) is 22.3 Å². The highest BCUT2D eigenvalue weighted by molar-refractivity contribution is 7.00. The third-order valence-electron chi connectivity index (χ3n) is 19.6. The molecule has 8 aromatic rings. The average molecular weight is 1020 g/mol. The van der Waals surface area contributed by atoms with Crippen molar-refractivity contribution in [3.63, 3.8) is 0 Å². The Kier molecular flexibility index (Phi) is 11.8. The van der Waals surface area contributed by atoms with Crippen molar-refractivity contribution in [2.75, 3.05) is 9.80 Å². The molecule has 0 saturated heterocycles. The predicted molar refractivity (Wildman–Crippen MR) is 338 cm³/mol. The molecule has 2 aliphatic carbocycles.